The molecule has 0 radical (unpaired) electrons. The second-order valence-electron chi connectivity index (χ2n) is 5.80. The second kappa shape index (κ2) is 7.06. The molecule has 0 aromatic heterocycles. The Balaban J connectivity index is 1.68. The van der Waals surface area contributed by atoms with Crippen molar-refractivity contribution < 1.29 is 22.7 Å². The lowest BCUT2D eigenvalue weighted by atomic mass is 10.2. The van der Waals surface area contributed by atoms with E-state index >= 15 is 0 Å². The molecule has 0 saturated carbocycles. The molecule has 24 heavy (non-hydrogen) atoms. The van der Waals surface area contributed by atoms with Gasteiger partial charge in [-0.3, -0.25) is 9.69 Å². The van der Waals surface area contributed by atoms with E-state index in [0.29, 0.717) is 43.3 Å². The van der Waals surface area contributed by atoms with Crippen molar-refractivity contribution >= 4 is 21.6 Å². The number of nitrogens with zero attached hydrogens (tertiary/aromatic N) is 1. The van der Waals surface area contributed by atoms with E-state index in [1.807, 2.05) is 0 Å². The van der Waals surface area contributed by atoms with Gasteiger partial charge in [0.2, 0.25) is 10.0 Å². The van der Waals surface area contributed by atoms with Crippen LogP contribution in [0.25, 0.3) is 0 Å². The average Bonchev–Trinajstić information content (AvgIpc) is 2.54. The van der Waals surface area contributed by atoms with E-state index in [0.717, 1.165) is 13.1 Å². The molecule has 2 aliphatic rings. The van der Waals surface area contributed by atoms with Crippen molar-refractivity contribution in [3.63, 3.8) is 0 Å². The molecule has 3 rings (SSSR count). The first-order chi connectivity index (χ1) is 11.5. The van der Waals surface area contributed by atoms with Crippen molar-refractivity contribution in [2.45, 2.75) is 11.8 Å². The third-order valence-corrected chi connectivity index (χ3v) is 5.63. The van der Waals surface area contributed by atoms with Gasteiger partial charge in [-0.15, -0.1) is 0 Å². The lowest BCUT2D eigenvalue weighted by Crippen LogP contribution is -2.41. The van der Waals surface area contributed by atoms with Gasteiger partial charge in [0.1, 0.15) is 5.75 Å². The van der Waals surface area contributed by atoms with Crippen LogP contribution in [-0.2, 0) is 19.6 Å². The van der Waals surface area contributed by atoms with Gasteiger partial charge in [-0.2, -0.15) is 0 Å². The summed E-state index contributed by atoms with van der Waals surface area (Å²) in [7, 11) is -3.64. The standard InChI is InChI=1S/C15H21N3O5S/c1-11-8-12-13(23-10-15(19)17-12)9-14(11)24(20,21)16-2-3-18-4-6-22-7-5-18/h8-9,16H,2-7,10H2,1H3,(H,17,19). The molecule has 2 N–H and O–H groups in total. The molecule has 1 amide bonds. The highest BCUT2D eigenvalue weighted by atomic mass is 32.2. The quantitative estimate of drug-likeness (QED) is 0.768. The molecule has 0 aliphatic carbocycles. The van der Waals surface area contributed by atoms with Gasteiger partial charge in [-0.1, -0.05) is 0 Å². The van der Waals surface area contributed by atoms with Crippen molar-refractivity contribution in [2.75, 3.05) is 51.3 Å². The Hall–Kier alpha value is -1.68. The first-order valence-corrected chi connectivity index (χ1v) is 9.31. The van der Waals surface area contributed by atoms with E-state index < -0.39 is 10.0 Å². The van der Waals surface area contributed by atoms with Crippen LogP contribution < -0.4 is 14.8 Å². The number of hydrogen-bond acceptors (Lipinski definition) is 6. The average molecular weight is 355 g/mol. The number of carbonyl (C=O) groups is 1. The number of ether oxygens (including phenoxy) is 2. The zero-order chi connectivity index (χ0) is 17.2. The number of hydrogen-bond donors (Lipinski definition) is 2. The molecule has 1 aromatic carbocycles. The molecule has 0 bridgehead atoms. The lowest BCUT2D eigenvalue weighted by molar-refractivity contribution is -0.118. The molecule has 0 unspecified atom stereocenters. The van der Waals surface area contributed by atoms with Crippen LogP contribution in [0.1, 0.15) is 5.56 Å². The van der Waals surface area contributed by atoms with Crippen LogP contribution in [-0.4, -0.2) is 65.2 Å². The predicted octanol–water partition coefficient (Wildman–Crippen LogP) is -0.0636. The highest BCUT2D eigenvalue weighted by molar-refractivity contribution is 7.89. The highest BCUT2D eigenvalue weighted by Gasteiger charge is 2.23. The molecule has 132 valence electrons. The minimum Gasteiger partial charge on any atom is -0.482 e. The van der Waals surface area contributed by atoms with Crippen LogP contribution in [0.2, 0.25) is 0 Å². The zero-order valence-corrected chi connectivity index (χ0v) is 14.3. The molecule has 0 atom stereocenters. The summed E-state index contributed by atoms with van der Waals surface area (Å²) >= 11 is 0. The Morgan fingerprint density at radius 2 is 2.04 bits per heavy atom. The van der Waals surface area contributed by atoms with Crippen LogP contribution in [0, 0.1) is 6.92 Å². The highest BCUT2D eigenvalue weighted by Crippen LogP contribution is 2.32. The number of fused-ring (bicyclic) bond motifs is 1. The minimum absolute atomic E-state index is 0.111. The molecule has 0 spiro atoms. The number of anilines is 1. The first-order valence-electron chi connectivity index (χ1n) is 7.83. The number of morpholine rings is 1. The fraction of sp³-hybridized carbons (Fsp3) is 0.533. The number of sulfonamides is 1. The second-order valence-corrected chi connectivity index (χ2v) is 7.54. The van der Waals surface area contributed by atoms with Gasteiger partial charge in [0.05, 0.1) is 23.8 Å². The minimum atomic E-state index is -3.64. The summed E-state index contributed by atoms with van der Waals surface area (Å²) in [5.74, 6) is 0.120. The Morgan fingerprint density at radius 1 is 1.29 bits per heavy atom. The summed E-state index contributed by atoms with van der Waals surface area (Å²) in [6.45, 7) is 5.53. The van der Waals surface area contributed by atoms with Crippen LogP contribution >= 0.6 is 0 Å². The van der Waals surface area contributed by atoms with Gasteiger partial charge in [0, 0.05) is 32.2 Å². The molecule has 9 heteroatoms. The Kier molecular flexibility index (Phi) is 5.04. The molecule has 1 aromatic rings. The maximum Gasteiger partial charge on any atom is 0.262 e. The van der Waals surface area contributed by atoms with Gasteiger partial charge >= 0.3 is 0 Å². The van der Waals surface area contributed by atoms with Gasteiger partial charge in [-0.05, 0) is 18.6 Å². The first kappa shape index (κ1) is 17.2. The summed E-state index contributed by atoms with van der Waals surface area (Å²) in [6, 6.07) is 3.07. The summed E-state index contributed by atoms with van der Waals surface area (Å²) in [4.78, 5) is 13.7. The third kappa shape index (κ3) is 3.86. The van der Waals surface area contributed by atoms with Gasteiger partial charge < -0.3 is 14.8 Å². The summed E-state index contributed by atoms with van der Waals surface area (Å²) in [5, 5.41) is 2.67. The van der Waals surface area contributed by atoms with E-state index in [9.17, 15) is 13.2 Å². The number of benzene rings is 1. The third-order valence-electron chi connectivity index (χ3n) is 4.02. The number of nitrogens with one attached hydrogen (secondary N) is 2. The number of amides is 1. The molecular formula is C15H21N3O5S. The van der Waals surface area contributed by atoms with Crippen LogP contribution in [0.15, 0.2) is 17.0 Å². The molecule has 2 aliphatic heterocycles. The van der Waals surface area contributed by atoms with Gasteiger partial charge in [0.15, 0.2) is 6.61 Å². The molecule has 8 nitrogen and oxygen atoms in total. The fourth-order valence-corrected chi connectivity index (χ4v) is 4.01. The zero-order valence-electron chi connectivity index (χ0n) is 13.5. The molecule has 2 heterocycles. The predicted molar refractivity (Wildman–Crippen MR) is 87.8 cm³/mol. The van der Waals surface area contributed by atoms with Crippen molar-refractivity contribution in [1.82, 2.24) is 9.62 Å². The normalized spacial score (nSPS) is 18.6. The van der Waals surface area contributed by atoms with Crippen molar-refractivity contribution in [3.05, 3.63) is 17.7 Å². The summed E-state index contributed by atoms with van der Waals surface area (Å²) < 4.78 is 38.3. The Bertz CT molecular complexity index is 729. The Morgan fingerprint density at radius 3 is 2.79 bits per heavy atom. The monoisotopic (exact) mass is 355 g/mol. The van der Waals surface area contributed by atoms with Gasteiger partial charge in [0.25, 0.3) is 5.91 Å². The van der Waals surface area contributed by atoms with Crippen LogP contribution in [0.4, 0.5) is 5.69 Å². The lowest BCUT2D eigenvalue weighted by Gasteiger charge is -2.26. The van der Waals surface area contributed by atoms with Crippen molar-refractivity contribution in [1.29, 1.82) is 0 Å². The topological polar surface area (TPSA) is 97.0 Å². The number of rotatable bonds is 5. The largest absolute Gasteiger partial charge is 0.482 e. The van der Waals surface area contributed by atoms with E-state index in [2.05, 4.69) is 14.9 Å². The van der Waals surface area contributed by atoms with E-state index in [-0.39, 0.29) is 17.4 Å². The van der Waals surface area contributed by atoms with Crippen molar-refractivity contribution in [2.24, 2.45) is 0 Å². The maximum atomic E-state index is 12.5. The SMILES string of the molecule is Cc1cc2c(cc1S(=O)(=O)NCCN1CCOCC1)OCC(=O)N2. The maximum absolute atomic E-state index is 12.5. The fourth-order valence-electron chi connectivity index (χ4n) is 2.75. The summed E-state index contributed by atoms with van der Waals surface area (Å²) in [5.41, 5.74) is 1.05. The van der Waals surface area contributed by atoms with Gasteiger partial charge in [-0.25, -0.2) is 13.1 Å². The summed E-state index contributed by atoms with van der Waals surface area (Å²) in [6.07, 6.45) is 0. The number of aryl methyl sites for hydroxylation is 1. The molecular weight excluding hydrogens is 334 g/mol. The molecule has 1 fully saturated rings. The number of carbonyl (C=O) groups excluding carboxylic acids is 1. The van der Waals surface area contributed by atoms with E-state index in [4.69, 9.17) is 9.47 Å². The van der Waals surface area contributed by atoms with Crippen LogP contribution in [0.5, 0.6) is 5.75 Å². The van der Waals surface area contributed by atoms with E-state index in [1.165, 1.54) is 6.07 Å². The van der Waals surface area contributed by atoms with Crippen LogP contribution in [0.3, 0.4) is 0 Å². The molecule has 1 saturated heterocycles. The smallest absolute Gasteiger partial charge is 0.262 e. The van der Waals surface area contributed by atoms with Crippen molar-refractivity contribution in [3.8, 4) is 5.75 Å². The Labute approximate surface area is 141 Å². The van der Waals surface area contributed by atoms with E-state index in [1.54, 1.807) is 13.0 Å².